The Morgan fingerprint density at radius 1 is 1.40 bits per heavy atom. The van der Waals surface area contributed by atoms with E-state index >= 15 is 0 Å². The number of nitrogens with zero attached hydrogens (tertiary/aromatic N) is 4. The van der Waals surface area contributed by atoms with Crippen molar-refractivity contribution in [1.82, 2.24) is 20.2 Å². The number of nitrogens with one attached hydrogen (secondary N) is 1. The molecule has 1 heterocycles. The molecule has 5 nitrogen and oxygen atoms in total. The van der Waals surface area contributed by atoms with Crippen molar-refractivity contribution in [2.45, 2.75) is 6.54 Å². The summed E-state index contributed by atoms with van der Waals surface area (Å²) >= 11 is 2.28. The molecule has 2 aromatic rings. The first-order valence-corrected chi connectivity index (χ1v) is 5.55. The summed E-state index contributed by atoms with van der Waals surface area (Å²) in [6, 6.07) is 8.08. The van der Waals surface area contributed by atoms with Crippen molar-refractivity contribution in [2.24, 2.45) is 7.05 Å². The van der Waals surface area contributed by atoms with Crippen LogP contribution >= 0.6 is 22.6 Å². The standard InChI is InChI=1S/C9H10IN5/c1-15-13-9(12-14-15)6-11-8-5-3-2-4-7(8)10/h2-5,11H,6H2,1H3. The molecule has 0 aliphatic rings. The molecular weight excluding hydrogens is 305 g/mol. The Balaban J connectivity index is 2.02. The van der Waals surface area contributed by atoms with Crippen molar-refractivity contribution in [2.75, 3.05) is 5.32 Å². The minimum Gasteiger partial charge on any atom is -0.377 e. The topological polar surface area (TPSA) is 55.6 Å². The summed E-state index contributed by atoms with van der Waals surface area (Å²) in [6.45, 7) is 0.591. The molecule has 0 fully saturated rings. The van der Waals surface area contributed by atoms with Crippen LogP contribution in [0.15, 0.2) is 24.3 Å². The van der Waals surface area contributed by atoms with Gasteiger partial charge in [0, 0.05) is 9.26 Å². The zero-order chi connectivity index (χ0) is 10.7. The van der Waals surface area contributed by atoms with E-state index in [0.29, 0.717) is 12.4 Å². The summed E-state index contributed by atoms with van der Waals surface area (Å²) in [5.74, 6) is 0.692. The van der Waals surface area contributed by atoms with Crippen LogP contribution in [0.3, 0.4) is 0 Å². The fourth-order valence-corrected chi connectivity index (χ4v) is 1.75. The number of para-hydroxylation sites is 1. The van der Waals surface area contributed by atoms with E-state index in [2.05, 4.69) is 43.3 Å². The predicted octanol–water partition coefficient (Wildman–Crippen LogP) is 1.43. The Morgan fingerprint density at radius 3 is 2.87 bits per heavy atom. The largest absolute Gasteiger partial charge is 0.377 e. The van der Waals surface area contributed by atoms with E-state index in [9.17, 15) is 0 Å². The van der Waals surface area contributed by atoms with Crippen molar-refractivity contribution in [1.29, 1.82) is 0 Å². The number of anilines is 1. The van der Waals surface area contributed by atoms with Gasteiger partial charge >= 0.3 is 0 Å². The Hall–Kier alpha value is -1.18. The predicted molar refractivity (Wildman–Crippen MR) is 65.3 cm³/mol. The minimum absolute atomic E-state index is 0.591. The monoisotopic (exact) mass is 315 g/mol. The van der Waals surface area contributed by atoms with E-state index in [1.807, 2.05) is 24.3 Å². The first kappa shape index (κ1) is 10.3. The van der Waals surface area contributed by atoms with Gasteiger partial charge in [0.2, 0.25) is 0 Å². The Bertz CT molecular complexity index is 453. The van der Waals surface area contributed by atoms with Crippen LogP contribution in [-0.4, -0.2) is 20.2 Å². The first-order chi connectivity index (χ1) is 7.25. The summed E-state index contributed by atoms with van der Waals surface area (Å²) < 4.78 is 1.18. The molecule has 0 amide bonds. The second-order valence-electron chi connectivity index (χ2n) is 3.03. The van der Waals surface area contributed by atoms with E-state index in [1.54, 1.807) is 7.05 Å². The third-order valence-electron chi connectivity index (χ3n) is 1.86. The summed E-state index contributed by atoms with van der Waals surface area (Å²) in [6.07, 6.45) is 0. The molecule has 0 radical (unpaired) electrons. The van der Waals surface area contributed by atoms with E-state index in [0.717, 1.165) is 5.69 Å². The number of rotatable bonds is 3. The van der Waals surface area contributed by atoms with Crippen LogP contribution in [-0.2, 0) is 13.6 Å². The molecule has 15 heavy (non-hydrogen) atoms. The highest BCUT2D eigenvalue weighted by Gasteiger charge is 2.01. The number of halogens is 1. The highest BCUT2D eigenvalue weighted by atomic mass is 127. The van der Waals surface area contributed by atoms with Gasteiger partial charge in [0.15, 0.2) is 5.82 Å². The van der Waals surface area contributed by atoms with Crippen LogP contribution in [0.2, 0.25) is 0 Å². The van der Waals surface area contributed by atoms with E-state index in [-0.39, 0.29) is 0 Å². The fraction of sp³-hybridized carbons (Fsp3) is 0.222. The maximum Gasteiger partial charge on any atom is 0.193 e. The lowest BCUT2D eigenvalue weighted by Gasteiger charge is -2.04. The summed E-state index contributed by atoms with van der Waals surface area (Å²) in [4.78, 5) is 1.45. The van der Waals surface area contributed by atoms with Gasteiger partial charge in [0.05, 0.1) is 13.6 Å². The Kier molecular flexibility index (Phi) is 3.14. The van der Waals surface area contributed by atoms with Gasteiger partial charge < -0.3 is 5.32 Å². The minimum atomic E-state index is 0.591. The number of aryl methyl sites for hydroxylation is 1. The molecule has 0 aliphatic heterocycles. The quantitative estimate of drug-likeness (QED) is 0.871. The molecule has 0 aliphatic carbocycles. The molecule has 1 aromatic heterocycles. The van der Waals surface area contributed by atoms with Gasteiger partial charge in [-0.1, -0.05) is 12.1 Å². The number of tetrazole rings is 1. The van der Waals surface area contributed by atoms with Crippen LogP contribution in [0.25, 0.3) is 0 Å². The molecular formula is C9H10IN5. The van der Waals surface area contributed by atoms with Crippen LogP contribution in [0.4, 0.5) is 5.69 Å². The van der Waals surface area contributed by atoms with Crippen molar-refractivity contribution in [3.63, 3.8) is 0 Å². The van der Waals surface area contributed by atoms with Crippen molar-refractivity contribution < 1.29 is 0 Å². The third-order valence-corrected chi connectivity index (χ3v) is 2.80. The Morgan fingerprint density at radius 2 is 2.20 bits per heavy atom. The second kappa shape index (κ2) is 4.56. The highest BCUT2D eigenvalue weighted by molar-refractivity contribution is 14.1. The van der Waals surface area contributed by atoms with Gasteiger partial charge in [0.1, 0.15) is 0 Å². The molecule has 78 valence electrons. The zero-order valence-corrected chi connectivity index (χ0v) is 10.3. The molecule has 0 bridgehead atoms. The van der Waals surface area contributed by atoms with Crippen LogP contribution < -0.4 is 5.32 Å². The zero-order valence-electron chi connectivity index (χ0n) is 8.18. The molecule has 1 aromatic carbocycles. The third kappa shape index (κ3) is 2.65. The molecule has 6 heteroatoms. The molecule has 0 saturated carbocycles. The molecule has 0 saturated heterocycles. The lowest BCUT2D eigenvalue weighted by atomic mass is 10.3. The van der Waals surface area contributed by atoms with E-state index < -0.39 is 0 Å². The fourth-order valence-electron chi connectivity index (χ4n) is 1.17. The van der Waals surface area contributed by atoms with Crippen LogP contribution in [0, 0.1) is 3.57 Å². The first-order valence-electron chi connectivity index (χ1n) is 4.47. The van der Waals surface area contributed by atoms with Gasteiger partial charge in [-0.15, -0.1) is 10.2 Å². The van der Waals surface area contributed by atoms with Crippen molar-refractivity contribution in [3.05, 3.63) is 33.7 Å². The number of hydrogen-bond acceptors (Lipinski definition) is 4. The molecule has 2 rings (SSSR count). The molecule has 0 spiro atoms. The van der Waals surface area contributed by atoms with Gasteiger partial charge in [-0.05, 0) is 39.9 Å². The van der Waals surface area contributed by atoms with E-state index in [1.165, 1.54) is 8.37 Å². The normalized spacial score (nSPS) is 10.3. The molecule has 1 N–H and O–H groups in total. The average molecular weight is 315 g/mol. The van der Waals surface area contributed by atoms with Gasteiger partial charge in [0.25, 0.3) is 0 Å². The van der Waals surface area contributed by atoms with Gasteiger partial charge in [-0.3, -0.25) is 0 Å². The number of benzene rings is 1. The maximum absolute atomic E-state index is 4.08. The van der Waals surface area contributed by atoms with E-state index in [4.69, 9.17) is 0 Å². The summed E-state index contributed by atoms with van der Waals surface area (Å²) in [5, 5.41) is 15.0. The van der Waals surface area contributed by atoms with Gasteiger partial charge in [-0.2, -0.15) is 4.80 Å². The lowest BCUT2D eigenvalue weighted by molar-refractivity contribution is 0.628. The number of aromatic nitrogens is 4. The molecule has 0 atom stereocenters. The summed E-state index contributed by atoms with van der Waals surface area (Å²) in [5.41, 5.74) is 1.09. The smallest absolute Gasteiger partial charge is 0.193 e. The SMILES string of the molecule is Cn1nnc(CNc2ccccc2I)n1. The lowest BCUT2D eigenvalue weighted by Crippen LogP contribution is -2.03. The maximum atomic E-state index is 4.08. The van der Waals surface area contributed by atoms with Gasteiger partial charge in [-0.25, -0.2) is 0 Å². The van der Waals surface area contributed by atoms with Crippen molar-refractivity contribution >= 4 is 28.3 Å². The highest BCUT2D eigenvalue weighted by Crippen LogP contribution is 2.16. The van der Waals surface area contributed by atoms with Crippen LogP contribution in [0.5, 0.6) is 0 Å². The number of hydrogen-bond donors (Lipinski definition) is 1. The average Bonchev–Trinajstić information content (AvgIpc) is 2.63. The van der Waals surface area contributed by atoms with Crippen LogP contribution in [0.1, 0.15) is 5.82 Å². The second-order valence-corrected chi connectivity index (χ2v) is 4.19. The van der Waals surface area contributed by atoms with Crippen molar-refractivity contribution in [3.8, 4) is 0 Å². The Labute approximate surface area is 101 Å². The molecule has 0 unspecified atom stereocenters. The summed E-state index contributed by atoms with van der Waals surface area (Å²) in [7, 11) is 1.75.